The molecule has 0 aliphatic rings. The van der Waals surface area contributed by atoms with E-state index in [4.69, 9.17) is 33.2 Å². The molecule has 186 valence electrons. The fourth-order valence-corrected chi connectivity index (χ4v) is 4.14. The van der Waals surface area contributed by atoms with Gasteiger partial charge in [0.25, 0.3) is 0 Å². The van der Waals surface area contributed by atoms with Crippen LogP contribution in [0.4, 0.5) is 17.6 Å². The molecule has 0 fully saturated rings. The van der Waals surface area contributed by atoms with E-state index in [2.05, 4.69) is 20.4 Å². The molecular formula is C24H37Cl3F4Si. The Morgan fingerprint density at radius 3 is 1.38 bits per heavy atom. The summed E-state index contributed by atoms with van der Waals surface area (Å²) in [6.45, 7) is 7.50. The molecule has 8 heteroatoms. The maximum Gasteiger partial charge on any atom is 0.341 e. The zero-order chi connectivity index (χ0) is 24.8. The first kappa shape index (κ1) is 33.7. The van der Waals surface area contributed by atoms with Crippen LogP contribution in [-0.4, -0.2) is 6.00 Å². The highest BCUT2D eigenvalue weighted by Crippen LogP contribution is 2.28. The first-order valence-electron chi connectivity index (χ1n) is 11.1. The standard InChI is InChI=1S/C12H19Cl3F2Si.C12H18F2/c1-2-3-4-6-11(16)8-9-12(17)7-5-10-18(13,14)15;1-3-5-6-8-12(14)10-9-11(13)7-4-2/h8-9H,2-7,10H2,1H3;4,9-10H,2-3,5-8H2,1H3/b11-8-,12-9-;11-9-,12-10-. The van der Waals surface area contributed by atoms with E-state index < -0.39 is 6.00 Å². The fraction of sp³-hybridized carbons (Fsp3) is 0.583. The van der Waals surface area contributed by atoms with Gasteiger partial charge < -0.3 is 0 Å². The molecule has 0 saturated carbocycles. The lowest BCUT2D eigenvalue weighted by Gasteiger charge is -2.05. The predicted molar refractivity (Wildman–Crippen MR) is 137 cm³/mol. The van der Waals surface area contributed by atoms with E-state index in [1.54, 1.807) is 0 Å². The summed E-state index contributed by atoms with van der Waals surface area (Å²) >= 11 is 17.0. The summed E-state index contributed by atoms with van der Waals surface area (Å²) in [5, 5.41) is 0. The summed E-state index contributed by atoms with van der Waals surface area (Å²) in [6.07, 6.45) is 13.5. The lowest BCUT2D eigenvalue weighted by molar-refractivity contribution is 0.556. The topological polar surface area (TPSA) is 0 Å². The van der Waals surface area contributed by atoms with Crippen LogP contribution in [0.1, 0.15) is 84.5 Å². The number of hydrogen-bond acceptors (Lipinski definition) is 0. The van der Waals surface area contributed by atoms with Gasteiger partial charge in [0.05, 0.1) is 17.5 Å². The van der Waals surface area contributed by atoms with Gasteiger partial charge in [-0.05, 0) is 68.9 Å². The Morgan fingerprint density at radius 1 is 0.656 bits per heavy atom. The van der Waals surface area contributed by atoms with Gasteiger partial charge in [0.15, 0.2) is 0 Å². The average molecular weight is 536 g/mol. The van der Waals surface area contributed by atoms with Crippen LogP contribution in [0.25, 0.3) is 0 Å². The largest absolute Gasteiger partial charge is 0.341 e. The van der Waals surface area contributed by atoms with Crippen molar-refractivity contribution in [2.75, 3.05) is 0 Å². The van der Waals surface area contributed by atoms with Crippen molar-refractivity contribution in [3.63, 3.8) is 0 Å². The van der Waals surface area contributed by atoms with Gasteiger partial charge in [-0.2, -0.15) is 0 Å². The summed E-state index contributed by atoms with van der Waals surface area (Å²) in [5.41, 5.74) is 0. The van der Waals surface area contributed by atoms with E-state index in [1.165, 1.54) is 30.4 Å². The van der Waals surface area contributed by atoms with Gasteiger partial charge in [-0.25, -0.2) is 17.6 Å². The minimum atomic E-state index is -2.66. The summed E-state index contributed by atoms with van der Waals surface area (Å²) < 4.78 is 52.1. The van der Waals surface area contributed by atoms with Gasteiger partial charge in [-0.15, -0.1) is 39.8 Å². The molecule has 0 aromatic heterocycles. The zero-order valence-electron chi connectivity index (χ0n) is 19.2. The Morgan fingerprint density at radius 2 is 1.03 bits per heavy atom. The van der Waals surface area contributed by atoms with Crippen molar-refractivity contribution in [1.29, 1.82) is 0 Å². The molecule has 0 rings (SSSR count). The van der Waals surface area contributed by atoms with Crippen molar-refractivity contribution in [2.24, 2.45) is 0 Å². The Labute approximate surface area is 207 Å². The Hall–Kier alpha value is -0.493. The third-order valence-corrected chi connectivity index (χ3v) is 6.76. The number of unbranched alkanes of at least 4 members (excludes halogenated alkanes) is 4. The van der Waals surface area contributed by atoms with Crippen LogP contribution in [0.3, 0.4) is 0 Å². The SMILES string of the molecule is C=CC/C(F)=C/C=C(\F)CCCCC.CCCCC/C(F)=C/C=C(\F)CCC[Si](Cl)(Cl)Cl. The molecule has 0 N–H and O–H groups in total. The predicted octanol–water partition coefficient (Wildman–Crippen LogP) is 11.6. The van der Waals surface area contributed by atoms with Crippen LogP contribution in [0.15, 0.2) is 60.3 Å². The molecule has 0 heterocycles. The number of allylic oxidation sites excluding steroid dienone is 9. The Balaban J connectivity index is 0. The van der Waals surface area contributed by atoms with E-state index in [1.807, 2.05) is 0 Å². The second-order valence-electron chi connectivity index (χ2n) is 7.33. The lowest BCUT2D eigenvalue weighted by Crippen LogP contribution is -2.07. The summed E-state index contributed by atoms with van der Waals surface area (Å²) in [4.78, 5) is 0. The summed E-state index contributed by atoms with van der Waals surface area (Å²) in [7, 11) is 0. The third kappa shape index (κ3) is 27.5. The highest BCUT2D eigenvalue weighted by molar-refractivity contribution is 7.64. The summed E-state index contributed by atoms with van der Waals surface area (Å²) in [5.74, 6) is -1.26. The zero-order valence-corrected chi connectivity index (χ0v) is 22.5. The van der Waals surface area contributed by atoms with Gasteiger partial charge in [0.1, 0.15) is 5.83 Å². The second-order valence-corrected chi connectivity index (χ2v) is 16.6. The third-order valence-electron chi connectivity index (χ3n) is 4.14. The molecule has 0 aromatic rings. The van der Waals surface area contributed by atoms with Crippen LogP contribution < -0.4 is 0 Å². The number of hydrogen-bond donors (Lipinski definition) is 0. The van der Waals surface area contributed by atoms with E-state index >= 15 is 0 Å². The van der Waals surface area contributed by atoms with Gasteiger partial charge in [0, 0.05) is 6.42 Å². The van der Waals surface area contributed by atoms with Crippen LogP contribution in [0.5, 0.6) is 0 Å². The normalized spacial score (nSPS) is 13.7. The van der Waals surface area contributed by atoms with Crippen molar-refractivity contribution in [3.05, 3.63) is 60.3 Å². The quantitative estimate of drug-likeness (QED) is 0.0460. The molecular weight excluding hydrogens is 499 g/mol. The van der Waals surface area contributed by atoms with Gasteiger partial charge in [-0.3, -0.25) is 0 Å². The number of halogens is 7. The smallest absolute Gasteiger partial charge is 0.212 e. The van der Waals surface area contributed by atoms with E-state index in [0.717, 1.165) is 38.5 Å². The fourth-order valence-electron chi connectivity index (χ4n) is 2.36. The molecule has 32 heavy (non-hydrogen) atoms. The first-order chi connectivity index (χ1) is 15.1. The highest BCUT2D eigenvalue weighted by Gasteiger charge is 2.23. The van der Waals surface area contributed by atoms with Crippen LogP contribution in [0, 0.1) is 0 Å². The summed E-state index contributed by atoms with van der Waals surface area (Å²) in [6, 6.07) is -2.24. The van der Waals surface area contributed by atoms with Crippen molar-refractivity contribution in [3.8, 4) is 0 Å². The van der Waals surface area contributed by atoms with Crippen LogP contribution >= 0.6 is 33.2 Å². The molecule has 0 aliphatic carbocycles. The maximum absolute atomic E-state index is 13.3. The monoisotopic (exact) mass is 534 g/mol. The average Bonchev–Trinajstić information content (AvgIpc) is 2.71. The van der Waals surface area contributed by atoms with E-state index in [-0.39, 0.29) is 36.1 Å². The van der Waals surface area contributed by atoms with Gasteiger partial charge in [-0.1, -0.05) is 45.6 Å². The van der Waals surface area contributed by atoms with Crippen molar-refractivity contribution in [1.82, 2.24) is 0 Å². The van der Waals surface area contributed by atoms with Crippen molar-refractivity contribution in [2.45, 2.75) is 90.5 Å². The minimum Gasteiger partial charge on any atom is -0.212 e. The molecule has 0 radical (unpaired) electrons. The molecule has 0 aromatic carbocycles. The Kier molecular flexibility index (Phi) is 23.5. The molecule has 0 aliphatic heterocycles. The molecule has 0 bridgehead atoms. The first-order valence-corrected chi connectivity index (χ1v) is 16.4. The van der Waals surface area contributed by atoms with Crippen molar-refractivity contribution < 1.29 is 17.6 Å². The van der Waals surface area contributed by atoms with E-state index in [0.29, 0.717) is 25.3 Å². The molecule has 0 nitrogen and oxygen atoms in total. The van der Waals surface area contributed by atoms with Gasteiger partial charge in [0.2, 0.25) is 0 Å². The van der Waals surface area contributed by atoms with Crippen LogP contribution in [0.2, 0.25) is 6.04 Å². The molecule has 0 saturated heterocycles. The Bertz CT molecular complexity index is 609. The minimum absolute atomic E-state index is 0.165. The highest BCUT2D eigenvalue weighted by atomic mass is 35.8. The van der Waals surface area contributed by atoms with E-state index in [9.17, 15) is 17.6 Å². The molecule has 0 amide bonds. The number of rotatable bonds is 16. The molecule has 0 spiro atoms. The maximum atomic E-state index is 13.3. The van der Waals surface area contributed by atoms with Crippen molar-refractivity contribution >= 4 is 39.2 Å². The lowest BCUT2D eigenvalue weighted by atomic mass is 10.2. The van der Waals surface area contributed by atoms with Gasteiger partial charge >= 0.3 is 6.00 Å². The molecule has 0 atom stereocenters. The molecule has 0 unspecified atom stereocenters. The van der Waals surface area contributed by atoms with Crippen LogP contribution in [-0.2, 0) is 0 Å². The second kappa shape index (κ2) is 22.3.